The molecule has 2 rings (SSSR count). The lowest BCUT2D eigenvalue weighted by Crippen LogP contribution is -2.02. The summed E-state index contributed by atoms with van der Waals surface area (Å²) in [6.07, 6.45) is 0. The van der Waals surface area contributed by atoms with Crippen molar-refractivity contribution in [2.45, 2.75) is 32.9 Å². The first kappa shape index (κ1) is 16.3. The molecule has 4 nitrogen and oxygen atoms in total. The van der Waals surface area contributed by atoms with E-state index in [4.69, 9.17) is 15.2 Å². The van der Waals surface area contributed by atoms with Gasteiger partial charge in [0.25, 0.3) is 0 Å². The first-order valence-corrected chi connectivity index (χ1v) is 8.36. The Morgan fingerprint density at radius 2 is 2.14 bits per heavy atom. The number of thiazole rings is 1. The van der Waals surface area contributed by atoms with Crippen LogP contribution in [0.1, 0.15) is 36.0 Å². The molecule has 0 saturated carbocycles. The van der Waals surface area contributed by atoms with Crippen LogP contribution in [0, 0.1) is 0 Å². The lowest BCUT2D eigenvalue weighted by Gasteiger charge is -2.13. The molecule has 0 amide bonds. The van der Waals surface area contributed by atoms with Crippen LogP contribution in [0.3, 0.4) is 0 Å². The summed E-state index contributed by atoms with van der Waals surface area (Å²) in [5.41, 5.74) is 7.58. The summed E-state index contributed by atoms with van der Waals surface area (Å²) in [5, 5.41) is 3.15. The Labute approximate surface area is 137 Å². The van der Waals surface area contributed by atoms with Gasteiger partial charge in [0, 0.05) is 17.8 Å². The monoisotopic (exact) mass is 370 g/mol. The van der Waals surface area contributed by atoms with E-state index in [1.54, 1.807) is 18.4 Å². The molecule has 0 aliphatic heterocycles. The number of ether oxygens (including phenoxy) is 2. The molecular weight excluding hydrogens is 352 g/mol. The van der Waals surface area contributed by atoms with Gasteiger partial charge in [0.1, 0.15) is 6.61 Å². The van der Waals surface area contributed by atoms with Gasteiger partial charge in [-0.05, 0) is 33.6 Å². The molecule has 0 fully saturated rings. The third-order valence-electron chi connectivity index (χ3n) is 2.95. The van der Waals surface area contributed by atoms with Crippen molar-refractivity contribution in [3.8, 4) is 11.5 Å². The van der Waals surface area contributed by atoms with E-state index in [2.05, 4.69) is 34.8 Å². The fourth-order valence-electron chi connectivity index (χ4n) is 1.83. The number of rotatable bonds is 6. The number of benzene rings is 1. The Morgan fingerprint density at radius 1 is 1.38 bits per heavy atom. The van der Waals surface area contributed by atoms with Crippen LogP contribution in [0.2, 0.25) is 0 Å². The Kier molecular flexibility index (Phi) is 5.61. The Morgan fingerprint density at radius 3 is 2.71 bits per heavy atom. The third kappa shape index (κ3) is 3.96. The first-order chi connectivity index (χ1) is 10.0. The van der Waals surface area contributed by atoms with E-state index in [-0.39, 0.29) is 0 Å². The van der Waals surface area contributed by atoms with Gasteiger partial charge < -0.3 is 15.2 Å². The number of hydrogen-bond acceptors (Lipinski definition) is 5. The molecule has 6 heteroatoms. The van der Waals surface area contributed by atoms with Crippen LogP contribution in [0.4, 0.5) is 0 Å². The summed E-state index contributed by atoms with van der Waals surface area (Å²) >= 11 is 5.17. The largest absolute Gasteiger partial charge is 0.493 e. The summed E-state index contributed by atoms with van der Waals surface area (Å²) in [6, 6.07) is 3.83. The molecule has 0 aliphatic rings. The molecular formula is C15H19BrN2O2S. The minimum atomic E-state index is 0.417. The molecule has 0 bridgehead atoms. The Hall–Kier alpha value is -1.11. The maximum Gasteiger partial charge on any atom is 0.175 e. The van der Waals surface area contributed by atoms with E-state index in [1.807, 2.05) is 17.5 Å². The van der Waals surface area contributed by atoms with Crippen molar-refractivity contribution >= 4 is 27.3 Å². The highest BCUT2D eigenvalue weighted by molar-refractivity contribution is 9.10. The molecule has 0 saturated heterocycles. The second-order valence-electron chi connectivity index (χ2n) is 4.93. The minimum absolute atomic E-state index is 0.417. The highest BCUT2D eigenvalue weighted by Gasteiger charge is 2.13. The normalized spacial score (nSPS) is 11.0. The molecule has 1 aromatic carbocycles. The van der Waals surface area contributed by atoms with Crippen molar-refractivity contribution in [2.24, 2.45) is 5.73 Å². The zero-order valence-electron chi connectivity index (χ0n) is 12.4. The van der Waals surface area contributed by atoms with E-state index in [1.165, 1.54) is 0 Å². The summed E-state index contributed by atoms with van der Waals surface area (Å²) in [7, 11) is 1.62. The molecule has 2 N–H and O–H groups in total. The smallest absolute Gasteiger partial charge is 0.175 e. The van der Waals surface area contributed by atoms with Crippen LogP contribution >= 0.6 is 27.3 Å². The van der Waals surface area contributed by atoms with Crippen molar-refractivity contribution in [2.75, 3.05) is 7.11 Å². The predicted molar refractivity (Wildman–Crippen MR) is 89.1 cm³/mol. The van der Waals surface area contributed by atoms with Crippen LogP contribution in [-0.2, 0) is 13.2 Å². The number of nitrogens with zero attached hydrogens (tertiary/aromatic N) is 1. The third-order valence-corrected chi connectivity index (χ3v) is 4.74. The highest BCUT2D eigenvalue weighted by atomic mass is 79.9. The molecule has 1 aromatic heterocycles. The quantitative estimate of drug-likeness (QED) is 0.832. The standard InChI is InChI=1S/C15H19BrN2O2S/c1-9(2)15-18-11(8-21-15)7-20-14-12(16)4-10(6-17)5-13(14)19-3/h4-5,8-9H,6-7,17H2,1-3H3. The zero-order valence-corrected chi connectivity index (χ0v) is 14.8. The van der Waals surface area contributed by atoms with E-state index >= 15 is 0 Å². The lowest BCUT2D eigenvalue weighted by molar-refractivity contribution is 0.279. The van der Waals surface area contributed by atoms with Gasteiger partial charge in [0.2, 0.25) is 0 Å². The maximum atomic E-state index is 5.87. The number of methoxy groups -OCH3 is 1. The SMILES string of the molecule is COc1cc(CN)cc(Br)c1OCc1csc(C(C)C)n1. The van der Waals surface area contributed by atoms with Crippen LogP contribution in [0.25, 0.3) is 0 Å². The van der Waals surface area contributed by atoms with Crippen molar-refractivity contribution < 1.29 is 9.47 Å². The summed E-state index contributed by atoms with van der Waals surface area (Å²) in [6.45, 7) is 5.14. The lowest BCUT2D eigenvalue weighted by atomic mass is 10.2. The predicted octanol–water partition coefficient (Wildman–Crippen LogP) is 4.08. The molecule has 0 unspecified atom stereocenters. The molecule has 0 aliphatic carbocycles. The molecule has 1 heterocycles. The van der Waals surface area contributed by atoms with Gasteiger partial charge >= 0.3 is 0 Å². The van der Waals surface area contributed by atoms with Crippen LogP contribution in [0.5, 0.6) is 11.5 Å². The molecule has 21 heavy (non-hydrogen) atoms. The van der Waals surface area contributed by atoms with E-state index in [0.717, 1.165) is 20.7 Å². The van der Waals surface area contributed by atoms with Crippen molar-refractivity contribution in [1.82, 2.24) is 4.98 Å². The van der Waals surface area contributed by atoms with Crippen molar-refractivity contribution in [3.05, 3.63) is 38.3 Å². The van der Waals surface area contributed by atoms with Crippen molar-refractivity contribution in [3.63, 3.8) is 0 Å². The minimum Gasteiger partial charge on any atom is -0.493 e. The Bertz CT molecular complexity index is 614. The van der Waals surface area contributed by atoms with Crippen LogP contribution in [0.15, 0.2) is 22.0 Å². The molecule has 2 aromatic rings. The molecule has 114 valence electrons. The topological polar surface area (TPSA) is 57.4 Å². The fraction of sp³-hybridized carbons (Fsp3) is 0.400. The fourth-order valence-corrected chi connectivity index (χ4v) is 3.25. The van der Waals surface area contributed by atoms with Gasteiger partial charge in [-0.1, -0.05) is 13.8 Å². The first-order valence-electron chi connectivity index (χ1n) is 6.68. The zero-order chi connectivity index (χ0) is 15.4. The van der Waals surface area contributed by atoms with E-state index < -0.39 is 0 Å². The highest BCUT2D eigenvalue weighted by Crippen LogP contribution is 2.37. The van der Waals surface area contributed by atoms with Gasteiger partial charge in [-0.3, -0.25) is 0 Å². The van der Waals surface area contributed by atoms with E-state index in [0.29, 0.717) is 30.6 Å². The van der Waals surface area contributed by atoms with Crippen LogP contribution < -0.4 is 15.2 Å². The molecule has 0 radical (unpaired) electrons. The number of aromatic nitrogens is 1. The number of hydrogen-bond donors (Lipinski definition) is 1. The second-order valence-corrected chi connectivity index (χ2v) is 6.68. The van der Waals surface area contributed by atoms with Gasteiger partial charge in [-0.25, -0.2) is 4.98 Å². The Balaban J connectivity index is 2.15. The van der Waals surface area contributed by atoms with Gasteiger partial charge in [-0.2, -0.15) is 0 Å². The molecule has 0 spiro atoms. The molecule has 0 atom stereocenters. The average Bonchev–Trinajstić information content (AvgIpc) is 2.94. The van der Waals surface area contributed by atoms with Gasteiger partial charge in [0.15, 0.2) is 11.5 Å². The second kappa shape index (κ2) is 7.24. The van der Waals surface area contributed by atoms with Crippen LogP contribution in [-0.4, -0.2) is 12.1 Å². The average molecular weight is 371 g/mol. The maximum absolute atomic E-state index is 5.87. The van der Waals surface area contributed by atoms with Gasteiger partial charge in [0.05, 0.1) is 22.3 Å². The summed E-state index contributed by atoms with van der Waals surface area (Å²) < 4.78 is 12.1. The summed E-state index contributed by atoms with van der Waals surface area (Å²) in [4.78, 5) is 4.56. The number of halogens is 1. The van der Waals surface area contributed by atoms with E-state index in [9.17, 15) is 0 Å². The summed E-state index contributed by atoms with van der Waals surface area (Å²) in [5.74, 6) is 1.78. The number of nitrogens with two attached hydrogens (primary N) is 1. The van der Waals surface area contributed by atoms with Gasteiger partial charge in [-0.15, -0.1) is 11.3 Å². The van der Waals surface area contributed by atoms with Crippen molar-refractivity contribution in [1.29, 1.82) is 0 Å².